The van der Waals surface area contributed by atoms with E-state index in [2.05, 4.69) is 23.7 Å². The number of carbonyl (C=O) groups is 1. The summed E-state index contributed by atoms with van der Waals surface area (Å²) in [6.45, 7) is 7.29. The Hall–Kier alpha value is -1.42. The van der Waals surface area contributed by atoms with Crippen LogP contribution < -0.4 is 0 Å². The Morgan fingerprint density at radius 1 is 1.42 bits per heavy atom. The van der Waals surface area contributed by atoms with Crippen molar-refractivity contribution in [1.82, 2.24) is 9.88 Å². The summed E-state index contributed by atoms with van der Waals surface area (Å²) in [6.07, 6.45) is 5.23. The fraction of sp³-hybridized carbons (Fsp3) is 0.600. The molecule has 1 aromatic rings. The van der Waals surface area contributed by atoms with Gasteiger partial charge in [0.2, 0.25) is 0 Å². The van der Waals surface area contributed by atoms with E-state index in [1.54, 1.807) is 18.3 Å². The minimum absolute atomic E-state index is 0.325. The van der Waals surface area contributed by atoms with E-state index in [4.69, 9.17) is 0 Å². The summed E-state index contributed by atoms with van der Waals surface area (Å²) >= 11 is 0. The van der Waals surface area contributed by atoms with E-state index in [0.717, 1.165) is 19.5 Å². The van der Waals surface area contributed by atoms with Crippen LogP contribution in [0.15, 0.2) is 18.3 Å². The first-order valence-electron chi connectivity index (χ1n) is 6.87. The molecule has 0 saturated carbocycles. The zero-order valence-corrected chi connectivity index (χ0v) is 11.7. The molecule has 0 unspecified atom stereocenters. The minimum atomic E-state index is -0.891. The van der Waals surface area contributed by atoms with Crippen LogP contribution in [0.2, 0.25) is 0 Å². The first-order chi connectivity index (χ1) is 8.98. The number of aromatic carboxylic acids is 1. The molecule has 1 aliphatic rings. The quantitative estimate of drug-likeness (QED) is 0.910. The van der Waals surface area contributed by atoms with Crippen LogP contribution in [0.4, 0.5) is 0 Å². The highest BCUT2D eigenvalue weighted by Crippen LogP contribution is 2.30. The first-order valence-corrected chi connectivity index (χ1v) is 6.87. The summed E-state index contributed by atoms with van der Waals surface area (Å²) in [5, 5.41) is 9.18. The van der Waals surface area contributed by atoms with Crippen molar-refractivity contribution < 1.29 is 9.90 Å². The van der Waals surface area contributed by atoms with E-state index < -0.39 is 5.97 Å². The molecule has 0 atom stereocenters. The summed E-state index contributed by atoms with van der Waals surface area (Å²) in [4.78, 5) is 17.7. The topological polar surface area (TPSA) is 53.4 Å². The van der Waals surface area contributed by atoms with Crippen molar-refractivity contribution in [3.8, 4) is 0 Å². The molecule has 104 valence electrons. The normalized spacial score (nSPS) is 19.9. The molecule has 1 aromatic heterocycles. The minimum Gasteiger partial charge on any atom is -0.478 e. The predicted octanol–water partition coefficient (Wildman–Crippen LogP) is 2.79. The lowest BCUT2D eigenvalue weighted by Gasteiger charge is -2.23. The summed E-state index contributed by atoms with van der Waals surface area (Å²) in [5.74, 6) is -0.891. The predicted molar refractivity (Wildman–Crippen MR) is 74.1 cm³/mol. The van der Waals surface area contributed by atoms with Gasteiger partial charge in [0.25, 0.3) is 0 Å². The molecule has 0 spiro atoms. The average molecular weight is 262 g/mol. The van der Waals surface area contributed by atoms with E-state index in [1.165, 1.54) is 12.8 Å². The Kier molecular flexibility index (Phi) is 4.20. The number of carboxylic acids is 1. The zero-order chi connectivity index (χ0) is 13.9. The molecule has 2 heterocycles. The maximum atomic E-state index is 11.2. The van der Waals surface area contributed by atoms with Gasteiger partial charge in [0.1, 0.15) is 0 Å². The number of pyridine rings is 1. The highest BCUT2D eigenvalue weighted by Gasteiger charge is 2.24. The van der Waals surface area contributed by atoms with E-state index in [0.29, 0.717) is 23.2 Å². The van der Waals surface area contributed by atoms with Gasteiger partial charge in [-0.1, -0.05) is 13.8 Å². The number of hydrogen-bond acceptors (Lipinski definition) is 3. The first kappa shape index (κ1) is 14.0. The van der Waals surface area contributed by atoms with E-state index in [1.807, 2.05) is 0 Å². The highest BCUT2D eigenvalue weighted by molar-refractivity contribution is 5.88. The van der Waals surface area contributed by atoms with Crippen molar-refractivity contribution in [2.75, 3.05) is 13.1 Å². The van der Waals surface area contributed by atoms with Gasteiger partial charge in [-0.05, 0) is 49.9 Å². The van der Waals surface area contributed by atoms with Crippen LogP contribution in [0.3, 0.4) is 0 Å². The molecule has 0 radical (unpaired) electrons. The van der Waals surface area contributed by atoms with Gasteiger partial charge in [0.15, 0.2) is 0 Å². The zero-order valence-electron chi connectivity index (χ0n) is 11.7. The van der Waals surface area contributed by atoms with Gasteiger partial charge in [-0.25, -0.2) is 4.79 Å². The molecule has 0 aromatic carbocycles. The standard InChI is InChI=1S/C15H22N2O2/c1-15(2)6-4-9-17(10-7-15)11-13-12(14(18)19)5-3-8-16-13/h3,5,8H,4,6-7,9-11H2,1-2H3,(H,18,19). The molecule has 19 heavy (non-hydrogen) atoms. The van der Waals surface area contributed by atoms with Gasteiger partial charge < -0.3 is 5.11 Å². The lowest BCUT2D eigenvalue weighted by Crippen LogP contribution is -2.26. The molecule has 4 heteroatoms. The highest BCUT2D eigenvalue weighted by atomic mass is 16.4. The third-order valence-electron chi connectivity index (χ3n) is 3.93. The third-order valence-corrected chi connectivity index (χ3v) is 3.93. The van der Waals surface area contributed by atoms with Crippen molar-refractivity contribution in [1.29, 1.82) is 0 Å². The largest absolute Gasteiger partial charge is 0.478 e. The molecule has 1 aliphatic heterocycles. The maximum absolute atomic E-state index is 11.2. The second-order valence-corrected chi connectivity index (χ2v) is 6.10. The van der Waals surface area contributed by atoms with Crippen LogP contribution in [-0.4, -0.2) is 34.0 Å². The van der Waals surface area contributed by atoms with Gasteiger partial charge in [-0.3, -0.25) is 9.88 Å². The molecule has 0 aliphatic carbocycles. The van der Waals surface area contributed by atoms with Crippen LogP contribution in [0.25, 0.3) is 0 Å². The molecule has 1 saturated heterocycles. The maximum Gasteiger partial charge on any atom is 0.337 e. The number of nitrogens with zero attached hydrogens (tertiary/aromatic N) is 2. The van der Waals surface area contributed by atoms with Gasteiger partial charge in [-0.15, -0.1) is 0 Å². The Bertz CT molecular complexity index is 457. The summed E-state index contributed by atoms with van der Waals surface area (Å²) < 4.78 is 0. The van der Waals surface area contributed by atoms with Crippen LogP contribution in [0.1, 0.15) is 49.2 Å². The van der Waals surface area contributed by atoms with Crippen LogP contribution in [0, 0.1) is 5.41 Å². The number of rotatable bonds is 3. The Balaban J connectivity index is 2.07. The van der Waals surface area contributed by atoms with Crippen molar-refractivity contribution in [3.05, 3.63) is 29.6 Å². The Labute approximate surface area is 114 Å². The fourth-order valence-electron chi connectivity index (χ4n) is 2.61. The van der Waals surface area contributed by atoms with E-state index >= 15 is 0 Å². The monoisotopic (exact) mass is 262 g/mol. The van der Waals surface area contributed by atoms with Crippen molar-refractivity contribution >= 4 is 5.97 Å². The lowest BCUT2D eigenvalue weighted by molar-refractivity contribution is 0.0693. The number of aromatic nitrogens is 1. The molecular weight excluding hydrogens is 240 g/mol. The average Bonchev–Trinajstić information content (AvgIpc) is 2.51. The lowest BCUT2D eigenvalue weighted by atomic mass is 9.85. The molecular formula is C15H22N2O2. The number of hydrogen-bond donors (Lipinski definition) is 1. The van der Waals surface area contributed by atoms with Gasteiger partial charge in [0.05, 0.1) is 11.3 Å². The summed E-state index contributed by atoms with van der Waals surface area (Å²) in [5.41, 5.74) is 1.40. The third kappa shape index (κ3) is 3.77. The number of carboxylic acid groups (broad SMARTS) is 1. The van der Waals surface area contributed by atoms with Crippen molar-refractivity contribution in [2.45, 2.75) is 39.7 Å². The SMILES string of the molecule is CC1(C)CCCN(Cc2ncccc2C(=O)O)CC1. The molecule has 4 nitrogen and oxygen atoms in total. The van der Waals surface area contributed by atoms with Crippen LogP contribution >= 0.6 is 0 Å². The molecule has 0 bridgehead atoms. The smallest absolute Gasteiger partial charge is 0.337 e. The summed E-state index contributed by atoms with van der Waals surface area (Å²) in [7, 11) is 0. The molecule has 1 fully saturated rings. The fourth-order valence-corrected chi connectivity index (χ4v) is 2.61. The second kappa shape index (κ2) is 5.70. The molecule has 1 N–H and O–H groups in total. The molecule has 2 rings (SSSR count). The molecule has 0 amide bonds. The number of likely N-dealkylation sites (tertiary alicyclic amines) is 1. The van der Waals surface area contributed by atoms with Crippen molar-refractivity contribution in [3.63, 3.8) is 0 Å². The van der Waals surface area contributed by atoms with Crippen molar-refractivity contribution in [2.24, 2.45) is 5.41 Å². The summed E-state index contributed by atoms with van der Waals surface area (Å²) in [6, 6.07) is 3.31. The van der Waals surface area contributed by atoms with Gasteiger partial charge >= 0.3 is 5.97 Å². The van der Waals surface area contributed by atoms with Gasteiger partial charge in [0, 0.05) is 12.7 Å². The van der Waals surface area contributed by atoms with Crippen LogP contribution in [0.5, 0.6) is 0 Å². The Morgan fingerprint density at radius 2 is 2.21 bits per heavy atom. The van der Waals surface area contributed by atoms with Gasteiger partial charge in [-0.2, -0.15) is 0 Å². The Morgan fingerprint density at radius 3 is 2.95 bits per heavy atom. The second-order valence-electron chi connectivity index (χ2n) is 6.10. The van der Waals surface area contributed by atoms with E-state index in [9.17, 15) is 9.90 Å². The van der Waals surface area contributed by atoms with Crippen LogP contribution in [-0.2, 0) is 6.54 Å². The van der Waals surface area contributed by atoms with E-state index in [-0.39, 0.29) is 0 Å².